The summed E-state index contributed by atoms with van der Waals surface area (Å²) >= 11 is 0. The quantitative estimate of drug-likeness (QED) is 0.484. The third kappa shape index (κ3) is 5.57. The molecular formula is C28H32FN3O2. The highest BCUT2D eigenvalue weighted by atomic mass is 19.1. The van der Waals surface area contributed by atoms with Gasteiger partial charge in [0.15, 0.2) is 0 Å². The molecule has 0 saturated carbocycles. The summed E-state index contributed by atoms with van der Waals surface area (Å²) in [5.41, 5.74) is 3.76. The fraction of sp³-hybridized carbons (Fsp3) is 0.321. The summed E-state index contributed by atoms with van der Waals surface area (Å²) in [7, 11) is 5.71. The van der Waals surface area contributed by atoms with Crippen molar-refractivity contribution in [2.24, 2.45) is 0 Å². The maximum absolute atomic E-state index is 13.6. The number of hydrogen-bond donors (Lipinski definition) is 0. The van der Waals surface area contributed by atoms with Crippen LogP contribution in [0.3, 0.4) is 0 Å². The maximum atomic E-state index is 13.6. The molecule has 0 bridgehead atoms. The zero-order chi connectivity index (χ0) is 24.1. The number of rotatable bonds is 7. The Hall–Kier alpha value is -3.38. The molecule has 3 aromatic rings. The molecule has 0 unspecified atom stereocenters. The number of methoxy groups -OCH3 is 1. The van der Waals surface area contributed by atoms with Crippen molar-refractivity contribution in [2.75, 3.05) is 44.1 Å². The van der Waals surface area contributed by atoms with Crippen LogP contribution in [0.5, 0.6) is 5.75 Å². The lowest BCUT2D eigenvalue weighted by Crippen LogP contribution is -2.47. The molecule has 6 heteroatoms. The van der Waals surface area contributed by atoms with Gasteiger partial charge in [0.2, 0.25) is 0 Å². The van der Waals surface area contributed by atoms with E-state index in [4.69, 9.17) is 4.74 Å². The highest BCUT2D eigenvalue weighted by molar-refractivity contribution is 6.06. The molecule has 4 rings (SSSR count). The van der Waals surface area contributed by atoms with Gasteiger partial charge in [-0.2, -0.15) is 0 Å². The SMILES string of the molecule is COc1cccc(N(C(=O)c2ccc(F)cc2)C2CCN(Cc3ccc(N(C)C)cc3)CC2)c1. The molecule has 178 valence electrons. The van der Waals surface area contributed by atoms with E-state index < -0.39 is 0 Å². The van der Waals surface area contributed by atoms with Crippen molar-refractivity contribution in [1.29, 1.82) is 0 Å². The average molecular weight is 462 g/mol. The summed E-state index contributed by atoms with van der Waals surface area (Å²) in [6, 6.07) is 22.1. The number of carbonyl (C=O) groups is 1. The molecule has 1 heterocycles. The topological polar surface area (TPSA) is 36.0 Å². The molecule has 1 amide bonds. The summed E-state index contributed by atoms with van der Waals surface area (Å²) in [5.74, 6) is 0.232. The van der Waals surface area contributed by atoms with Gasteiger partial charge in [-0.05, 0) is 66.9 Å². The van der Waals surface area contributed by atoms with E-state index in [9.17, 15) is 9.18 Å². The fourth-order valence-electron chi connectivity index (χ4n) is 4.48. The van der Waals surface area contributed by atoms with Gasteiger partial charge in [-0.1, -0.05) is 18.2 Å². The van der Waals surface area contributed by atoms with Crippen molar-refractivity contribution in [3.05, 3.63) is 89.7 Å². The number of hydrogen-bond acceptors (Lipinski definition) is 4. The van der Waals surface area contributed by atoms with Gasteiger partial charge in [-0.15, -0.1) is 0 Å². The molecule has 3 aromatic carbocycles. The molecule has 1 fully saturated rings. The molecule has 0 aliphatic carbocycles. The van der Waals surface area contributed by atoms with Gasteiger partial charge < -0.3 is 14.5 Å². The number of ether oxygens (including phenoxy) is 1. The zero-order valence-electron chi connectivity index (χ0n) is 20.1. The Labute approximate surface area is 201 Å². The Bertz CT molecular complexity index is 1090. The normalized spacial score (nSPS) is 14.6. The molecule has 1 aliphatic rings. The molecule has 5 nitrogen and oxygen atoms in total. The minimum atomic E-state index is -0.351. The summed E-state index contributed by atoms with van der Waals surface area (Å²) in [4.78, 5) is 20.0. The van der Waals surface area contributed by atoms with Crippen LogP contribution in [0.2, 0.25) is 0 Å². The molecule has 0 atom stereocenters. The minimum absolute atomic E-state index is 0.0528. The molecule has 34 heavy (non-hydrogen) atoms. The van der Waals surface area contributed by atoms with E-state index in [1.165, 1.54) is 23.4 Å². The number of anilines is 2. The van der Waals surface area contributed by atoms with E-state index in [2.05, 4.69) is 34.1 Å². The lowest BCUT2D eigenvalue weighted by molar-refractivity contribution is 0.0958. The van der Waals surface area contributed by atoms with Crippen molar-refractivity contribution in [3.63, 3.8) is 0 Å². The van der Waals surface area contributed by atoms with Gasteiger partial charge in [0.1, 0.15) is 11.6 Å². The van der Waals surface area contributed by atoms with Crippen LogP contribution in [0.4, 0.5) is 15.8 Å². The van der Waals surface area contributed by atoms with Crippen molar-refractivity contribution in [3.8, 4) is 5.75 Å². The van der Waals surface area contributed by atoms with Crippen LogP contribution in [0.15, 0.2) is 72.8 Å². The predicted molar refractivity (Wildman–Crippen MR) is 135 cm³/mol. The molecule has 0 spiro atoms. The summed E-state index contributed by atoms with van der Waals surface area (Å²) < 4.78 is 18.9. The van der Waals surface area contributed by atoms with Crippen molar-refractivity contribution in [2.45, 2.75) is 25.4 Å². The molecule has 1 aliphatic heterocycles. The van der Waals surface area contributed by atoms with Gasteiger partial charge in [0, 0.05) is 62.8 Å². The van der Waals surface area contributed by atoms with E-state index in [-0.39, 0.29) is 17.8 Å². The van der Waals surface area contributed by atoms with Crippen LogP contribution >= 0.6 is 0 Å². The van der Waals surface area contributed by atoms with Crippen LogP contribution in [-0.2, 0) is 6.54 Å². The van der Waals surface area contributed by atoms with E-state index in [0.717, 1.165) is 38.2 Å². The highest BCUT2D eigenvalue weighted by Crippen LogP contribution is 2.29. The lowest BCUT2D eigenvalue weighted by atomic mass is 10.00. The Morgan fingerprint density at radius 3 is 2.26 bits per heavy atom. The lowest BCUT2D eigenvalue weighted by Gasteiger charge is -2.39. The first-order valence-electron chi connectivity index (χ1n) is 11.7. The third-order valence-corrected chi connectivity index (χ3v) is 6.42. The molecular weight excluding hydrogens is 429 g/mol. The van der Waals surface area contributed by atoms with Gasteiger partial charge >= 0.3 is 0 Å². The van der Waals surface area contributed by atoms with Gasteiger partial charge in [0.25, 0.3) is 5.91 Å². The Morgan fingerprint density at radius 2 is 1.65 bits per heavy atom. The first-order chi connectivity index (χ1) is 16.4. The molecule has 0 N–H and O–H groups in total. The number of benzene rings is 3. The number of piperidine rings is 1. The summed E-state index contributed by atoms with van der Waals surface area (Å²) in [6.07, 6.45) is 1.72. The monoisotopic (exact) mass is 461 g/mol. The van der Waals surface area contributed by atoms with E-state index in [1.807, 2.05) is 43.3 Å². The molecule has 0 radical (unpaired) electrons. The number of amides is 1. The van der Waals surface area contributed by atoms with Crippen LogP contribution < -0.4 is 14.5 Å². The van der Waals surface area contributed by atoms with Crippen LogP contribution in [0.1, 0.15) is 28.8 Å². The smallest absolute Gasteiger partial charge is 0.258 e. The van der Waals surface area contributed by atoms with E-state index in [0.29, 0.717) is 11.3 Å². The molecule has 1 saturated heterocycles. The van der Waals surface area contributed by atoms with Crippen molar-refractivity contribution in [1.82, 2.24) is 4.90 Å². The standard InChI is InChI=1S/C28H32FN3O2/c1-30(2)24-13-7-21(8-14-24)20-31-17-15-25(16-18-31)32(26-5-4-6-27(19-26)34-3)28(33)22-9-11-23(29)12-10-22/h4-14,19,25H,15-18,20H2,1-3H3. The Balaban J connectivity index is 1.49. The number of likely N-dealkylation sites (tertiary alicyclic amines) is 1. The summed E-state index contributed by atoms with van der Waals surface area (Å²) in [5, 5.41) is 0. The average Bonchev–Trinajstić information content (AvgIpc) is 2.86. The predicted octanol–water partition coefficient (Wildman–Crippen LogP) is 5.21. The largest absolute Gasteiger partial charge is 0.497 e. The van der Waals surface area contributed by atoms with E-state index in [1.54, 1.807) is 19.2 Å². The highest BCUT2D eigenvalue weighted by Gasteiger charge is 2.30. The first-order valence-corrected chi connectivity index (χ1v) is 11.7. The Morgan fingerprint density at radius 1 is 0.971 bits per heavy atom. The van der Waals surface area contributed by atoms with Gasteiger partial charge in [0.05, 0.1) is 7.11 Å². The second-order valence-electron chi connectivity index (χ2n) is 8.95. The fourth-order valence-corrected chi connectivity index (χ4v) is 4.48. The number of halogens is 1. The second kappa shape index (κ2) is 10.7. The van der Waals surface area contributed by atoms with Crippen LogP contribution in [-0.4, -0.2) is 51.1 Å². The van der Waals surface area contributed by atoms with Gasteiger partial charge in [-0.3, -0.25) is 9.69 Å². The van der Waals surface area contributed by atoms with Crippen LogP contribution in [0, 0.1) is 5.82 Å². The number of nitrogens with zero attached hydrogens (tertiary/aromatic N) is 3. The number of carbonyl (C=O) groups excluding carboxylic acids is 1. The minimum Gasteiger partial charge on any atom is -0.497 e. The maximum Gasteiger partial charge on any atom is 0.258 e. The zero-order valence-corrected chi connectivity index (χ0v) is 20.1. The van der Waals surface area contributed by atoms with Crippen molar-refractivity contribution >= 4 is 17.3 Å². The summed E-state index contributed by atoms with van der Waals surface area (Å²) in [6.45, 7) is 2.69. The third-order valence-electron chi connectivity index (χ3n) is 6.42. The van der Waals surface area contributed by atoms with Gasteiger partial charge in [-0.25, -0.2) is 4.39 Å². The van der Waals surface area contributed by atoms with E-state index >= 15 is 0 Å². The Kier molecular flexibility index (Phi) is 7.48. The first kappa shape index (κ1) is 23.8. The van der Waals surface area contributed by atoms with Crippen molar-refractivity contribution < 1.29 is 13.9 Å². The molecule has 0 aromatic heterocycles. The second-order valence-corrected chi connectivity index (χ2v) is 8.95. The van der Waals surface area contributed by atoms with Crippen LogP contribution in [0.25, 0.3) is 0 Å².